The summed E-state index contributed by atoms with van der Waals surface area (Å²) in [5.41, 5.74) is 2.14. The summed E-state index contributed by atoms with van der Waals surface area (Å²) < 4.78 is 6.09. The van der Waals surface area contributed by atoms with Crippen LogP contribution in [0.3, 0.4) is 0 Å². The van der Waals surface area contributed by atoms with Crippen molar-refractivity contribution >= 4 is 5.91 Å². The van der Waals surface area contributed by atoms with Crippen LogP contribution >= 0.6 is 0 Å². The zero-order valence-electron chi connectivity index (χ0n) is 18.4. The molecule has 2 aromatic rings. The molecule has 6 rings (SSSR count). The maximum Gasteiger partial charge on any atom is 0.263 e. The normalized spacial score (nSPS) is 32.1. The van der Waals surface area contributed by atoms with Gasteiger partial charge in [0.1, 0.15) is 5.75 Å². The predicted octanol–water partition coefficient (Wildman–Crippen LogP) is 5.42. The first-order chi connectivity index (χ1) is 14.3. The average molecular weight is 404 g/mol. The second-order valence-corrected chi connectivity index (χ2v) is 10.5. The first kappa shape index (κ1) is 19.7. The van der Waals surface area contributed by atoms with Crippen molar-refractivity contribution < 1.29 is 9.53 Å². The van der Waals surface area contributed by atoms with Gasteiger partial charge in [0.05, 0.1) is 0 Å². The molecule has 3 heteroatoms. The Bertz CT molecular complexity index is 902. The van der Waals surface area contributed by atoms with Crippen LogP contribution in [0, 0.1) is 24.7 Å². The van der Waals surface area contributed by atoms with Crippen LogP contribution in [-0.4, -0.2) is 17.6 Å². The number of hydrogen-bond acceptors (Lipinski definition) is 2. The number of carbonyl (C=O) groups excluding carboxylic acids is 1. The van der Waals surface area contributed by atoms with E-state index in [1.54, 1.807) is 0 Å². The predicted molar refractivity (Wildman–Crippen MR) is 119 cm³/mol. The third-order valence-corrected chi connectivity index (χ3v) is 7.90. The zero-order chi connectivity index (χ0) is 20.9. The van der Waals surface area contributed by atoms with Crippen LogP contribution in [0.1, 0.15) is 57.1 Å². The highest BCUT2D eigenvalue weighted by molar-refractivity contribution is 5.85. The molecule has 2 unspecified atom stereocenters. The van der Waals surface area contributed by atoms with Crippen molar-refractivity contribution in [2.45, 2.75) is 69.9 Å². The second kappa shape index (κ2) is 7.14. The lowest BCUT2D eigenvalue weighted by Gasteiger charge is -2.60. The first-order valence-corrected chi connectivity index (χ1v) is 11.5. The van der Waals surface area contributed by atoms with Crippen LogP contribution in [0.5, 0.6) is 5.75 Å². The number of hydrogen-bond donors (Lipinski definition) is 1. The van der Waals surface area contributed by atoms with E-state index in [-0.39, 0.29) is 11.9 Å². The number of nitrogens with one attached hydrogen (secondary N) is 1. The standard InChI is InChI=1S/C27H33NO2/c1-18-9-11-23(12-10-18)30-26(2,3)25(29)28-24-20-13-19-14-21(24)17-27(15-19,16-20)22-7-5-4-6-8-22/h4-12,19-21,24H,13-17H2,1-3H3,(H,28,29). The molecule has 1 N–H and O–H groups in total. The monoisotopic (exact) mass is 403 g/mol. The maximum atomic E-state index is 13.2. The van der Waals surface area contributed by atoms with Gasteiger partial charge in [0.2, 0.25) is 0 Å². The number of amides is 1. The Labute approximate surface area is 180 Å². The molecule has 0 aromatic heterocycles. The van der Waals surface area contributed by atoms with Crippen LogP contribution in [0.2, 0.25) is 0 Å². The van der Waals surface area contributed by atoms with E-state index in [0.29, 0.717) is 17.3 Å². The fourth-order valence-corrected chi connectivity index (χ4v) is 6.68. The van der Waals surface area contributed by atoms with Crippen molar-refractivity contribution in [1.29, 1.82) is 0 Å². The second-order valence-electron chi connectivity index (χ2n) is 10.5. The summed E-state index contributed by atoms with van der Waals surface area (Å²) in [5, 5.41) is 3.44. The Hall–Kier alpha value is -2.29. The summed E-state index contributed by atoms with van der Waals surface area (Å²) in [5.74, 6) is 2.72. The van der Waals surface area contributed by atoms with Crippen LogP contribution in [0.25, 0.3) is 0 Å². The summed E-state index contributed by atoms with van der Waals surface area (Å²) in [7, 11) is 0. The van der Waals surface area contributed by atoms with Gasteiger partial charge in [0.25, 0.3) is 5.91 Å². The number of benzene rings is 2. The Morgan fingerprint density at radius 3 is 2.23 bits per heavy atom. The van der Waals surface area contributed by atoms with Gasteiger partial charge in [-0.2, -0.15) is 0 Å². The molecule has 30 heavy (non-hydrogen) atoms. The van der Waals surface area contributed by atoms with Gasteiger partial charge in [0.15, 0.2) is 5.60 Å². The third-order valence-electron chi connectivity index (χ3n) is 7.90. The van der Waals surface area contributed by atoms with Gasteiger partial charge < -0.3 is 10.1 Å². The SMILES string of the molecule is Cc1ccc(OC(C)(C)C(=O)NC2C3CC4CC2CC(c2ccccc2)(C4)C3)cc1. The van der Waals surface area contributed by atoms with E-state index in [9.17, 15) is 4.79 Å². The smallest absolute Gasteiger partial charge is 0.263 e. The number of carbonyl (C=O) groups is 1. The van der Waals surface area contributed by atoms with Gasteiger partial charge in [-0.05, 0) is 93.7 Å². The van der Waals surface area contributed by atoms with Crippen molar-refractivity contribution in [1.82, 2.24) is 5.32 Å². The minimum atomic E-state index is -0.888. The third kappa shape index (κ3) is 3.42. The minimum Gasteiger partial charge on any atom is -0.478 e. The lowest BCUT2D eigenvalue weighted by molar-refractivity contribution is -0.138. The lowest BCUT2D eigenvalue weighted by Crippen LogP contribution is -2.62. The molecule has 158 valence electrons. The molecule has 4 bridgehead atoms. The van der Waals surface area contributed by atoms with Crippen molar-refractivity contribution in [3.63, 3.8) is 0 Å². The fraction of sp³-hybridized carbons (Fsp3) is 0.519. The van der Waals surface area contributed by atoms with Gasteiger partial charge in [-0.25, -0.2) is 0 Å². The highest BCUT2D eigenvalue weighted by atomic mass is 16.5. The minimum absolute atomic E-state index is 0.00862. The van der Waals surface area contributed by atoms with Crippen molar-refractivity contribution in [3.8, 4) is 5.75 Å². The lowest BCUT2D eigenvalue weighted by atomic mass is 9.46. The molecule has 2 atom stereocenters. The van der Waals surface area contributed by atoms with E-state index in [1.165, 1.54) is 43.2 Å². The maximum absolute atomic E-state index is 13.2. The molecule has 4 aliphatic carbocycles. The van der Waals surface area contributed by atoms with Gasteiger partial charge in [0, 0.05) is 6.04 Å². The van der Waals surface area contributed by atoms with Gasteiger partial charge in [-0.1, -0.05) is 48.0 Å². The molecule has 0 spiro atoms. The molecule has 4 fully saturated rings. The van der Waals surface area contributed by atoms with Crippen molar-refractivity contribution in [3.05, 3.63) is 65.7 Å². The van der Waals surface area contributed by atoms with E-state index in [0.717, 1.165) is 11.7 Å². The van der Waals surface area contributed by atoms with Crippen molar-refractivity contribution in [2.75, 3.05) is 0 Å². The van der Waals surface area contributed by atoms with E-state index < -0.39 is 5.60 Å². The summed E-state index contributed by atoms with van der Waals surface area (Å²) in [6.07, 6.45) is 6.25. The average Bonchev–Trinajstić information content (AvgIpc) is 2.72. The Balaban J connectivity index is 1.30. The first-order valence-electron chi connectivity index (χ1n) is 11.5. The number of ether oxygens (including phenoxy) is 1. The highest BCUT2D eigenvalue weighted by Gasteiger charge is 2.56. The zero-order valence-corrected chi connectivity index (χ0v) is 18.4. The highest BCUT2D eigenvalue weighted by Crippen LogP contribution is 2.60. The summed E-state index contributed by atoms with van der Waals surface area (Å²) in [4.78, 5) is 13.2. The molecule has 0 heterocycles. The van der Waals surface area contributed by atoms with Crippen LogP contribution in [-0.2, 0) is 10.2 Å². The summed E-state index contributed by atoms with van der Waals surface area (Å²) >= 11 is 0. The van der Waals surface area contributed by atoms with Gasteiger partial charge in [-0.3, -0.25) is 4.79 Å². The molecule has 0 aliphatic heterocycles. The topological polar surface area (TPSA) is 38.3 Å². The Kier molecular flexibility index (Phi) is 4.68. The molecule has 1 amide bonds. The summed E-state index contributed by atoms with van der Waals surface area (Å²) in [6, 6.07) is 19.3. The molecule has 3 nitrogen and oxygen atoms in total. The van der Waals surface area contributed by atoms with E-state index >= 15 is 0 Å². The van der Waals surface area contributed by atoms with E-state index in [4.69, 9.17) is 4.74 Å². The number of aryl methyl sites for hydroxylation is 1. The molecule has 0 saturated heterocycles. The summed E-state index contributed by atoms with van der Waals surface area (Å²) in [6.45, 7) is 5.81. The van der Waals surface area contributed by atoms with Crippen LogP contribution in [0.4, 0.5) is 0 Å². The molecule has 4 aliphatic rings. The molecule has 2 aromatic carbocycles. The van der Waals surface area contributed by atoms with Crippen LogP contribution in [0.15, 0.2) is 54.6 Å². The van der Waals surface area contributed by atoms with Gasteiger partial charge in [-0.15, -0.1) is 0 Å². The van der Waals surface area contributed by atoms with Crippen LogP contribution < -0.4 is 10.1 Å². The molecular weight excluding hydrogens is 370 g/mol. The molecular formula is C27H33NO2. The fourth-order valence-electron chi connectivity index (χ4n) is 6.68. The Morgan fingerprint density at radius 1 is 0.967 bits per heavy atom. The Morgan fingerprint density at radius 2 is 1.60 bits per heavy atom. The number of rotatable bonds is 5. The van der Waals surface area contributed by atoms with E-state index in [1.807, 2.05) is 38.1 Å². The van der Waals surface area contributed by atoms with Gasteiger partial charge >= 0.3 is 0 Å². The molecule has 0 radical (unpaired) electrons. The molecule has 4 saturated carbocycles. The largest absolute Gasteiger partial charge is 0.478 e. The quantitative estimate of drug-likeness (QED) is 0.724. The van der Waals surface area contributed by atoms with E-state index in [2.05, 4.69) is 42.6 Å². The van der Waals surface area contributed by atoms with Crippen molar-refractivity contribution in [2.24, 2.45) is 17.8 Å².